The number of primary amides is 1. The molecule has 0 spiro atoms. The van der Waals surface area contributed by atoms with Gasteiger partial charge in [0.1, 0.15) is 36.2 Å². The molecule has 4 aliphatic heterocycles. The van der Waals surface area contributed by atoms with E-state index in [1.165, 1.54) is 50.3 Å². The second-order valence-corrected chi connectivity index (χ2v) is 28.7. The smallest absolute Gasteiger partial charge is 0.410 e. The number of nitrogens with zero attached hydrogens (tertiary/aromatic N) is 4. The summed E-state index contributed by atoms with van der Waals surface area (Å²) in [4.78, 5) is 155. The molecule has 9 atom stereocenters. The number of rotatable bonds is 20. The molecule has 4 bridgehead atoms. The number of esters is 1. The van der Waals surface area contributed by atoms with Gasteiger partial charge in [0.15, 0.2) is 11.2 Å². The minimum Gasteiger partial charge on any atom is -0.505 e. The molecule has 9 amide bonds. The minimum atomic E-state index is -2.07. The molecule has 0 saturated carbocycles. The number of carbonyl (C=O) groups is 10. The van der Waals surface area contributed by atoms with Gasteiger partial charge >= 0.3 is 23.9 Å². The molecule has 4 aromatic carbocycles. The molecule has 550 valence electrons. The Morgan fingerprint density at radius 3 is 2.26 bits per heavy atom. The second kappa shape index (κ2) is 33.7. The Balaban J connectivity index is 0.876. The van der Waals surface area contributed by atoms with E-state index in [-0.39, 0.29) is 143 Å². The average molecular weight is 1440 g/mol. The number of ether oxygens (including phenoxy) is 4. The second-order valence-electron chi connectivity index (χ2n) is 27.6. The summed E-state index contributed by atoms with van der Waals surface area (Å²) < 4.78 is 24.7. The Hall–Kier alpha value is -10.2. The zero-order valence-electron chi connectivity index (χ0n) is 59.7. The summed E-state index contributed by atoms with van der Waals surface area (Å²) in [5, 5.41) is 37.4. The van der Waals surface area contributed by atoms with Gasteiger partial charge in [-0.2, -0.15) is 0 Å². The highest BCUT2D eigenvalue weighted by Gasteiger charge is 2.49. The number of aromatic hydroxyl groups is 1. The number of aliphatic hydroxyl groups is 1. The van der Waals surface area contributed by atoms with Crippen molar-refractivity contribution in [3.8, 4) is 11.5 Å². The number of nitrogens with one attached hydrogen (secondary N) is 5. The molecule has 1 fully saturated rings. The van der Waals surface area contributed by atoms with Gasteiger partial charge in [-0.25, -0.2) is 14.6 Å². The molecule has 5 heterocycles. The number of aromatic nitrogens is 1. The Morgan fingerprint density at radius 2 is 1.58 bits per heavy atom. The molecule has 0 unspecified atom stereocenters. The summed E-state index contributed by atoms with van der Waals surface area (Å²) in [6, 6.07) is 9.29. The van der Waals surface area contributed by atoms with Crippen LogP contribution in [0.25, 0.3) is 31.2 Å². The molecule has 27 nitrogen and oxygen atoms in total. The van der Waals surface area contributed by atoms with Crippen molar-refractivity contribution >= 4 is 119 Å². The van der Waals surface area contributed by atoms with Crippen LogP contribution in [0.3, 0.4) is 0 Å². The monoisotopic (exact) mass is 1440 g/mol. The SMILES string of the molecule is CC(=O)O[C@@H]1[C@H](C)[C@@H](O)/C=C/O[C@@]2(C)Oc3c(C)c(=O)c4c(O)c(c5sc6cc(N7CCN(C(=O)OCc8ccc(NC(=O)[C@H](CCCNC(N)=O)NC(=O)[C@@H](NC(=O)CCCCCN9C(=O)C=CC9=O)C(C)C)cc8)CC7)ccc6nc5c4c3C2=O)NC(=O)/C(C)=C\C=C\[C@H](C)C[C@@H](C)C[C@H]1C. The molecule has 1 aromatic heterocycles. The Morgan fingerprint density at radius 1 is 0.874 bits per heavy atom. The maximum atomic E-state index is 15.0. The first-order chi connectivity index (χ1) is 48.9. The van der Waals surface area contributed by atoms with Crippen molar-refractivity contribution in [3.63, 3.8) is 0 Å². The lowest BCUT2D eigenvalue weighted by atomic mass is 9.82. The summed E-state index contributed by atoms with van der Waals surface area (Å²) in [7, 11) is 0. The standard InChI is InChI=1S/C75H92N10O17S/c1-40(2)61(81-55(88)19-12-11-13-30-85-56(89)26-27-57(85)90)72(96)80-52(18-15-29-77-73(76)97)71(95)78-49-22-20-48(21-23-49)39-99-74(98)84-33-31-83(32-34-84)50-24-25-51-54(38-50)103-68-62(79-51)58-59-64(91)46(8)67-60(58)69(93)75(10,102-67)100-35-28-53(87)45(7)66(101-47(9)86)44(6)37-42(4)36-41(3)16-14-17-43(5)70(94)82-63(68)65(59)92/h14,16-17,20-28,35,38,40-42,44-45,52-53,61,66,87,92H,11-13,15,18-19,29-34,36-37,39H2,1-10H3,(H,78,95)(H,80,96)(H,81,88)(H,82,94)(H3,76,77,97)/b16-14+,35-28+,43-17-/t41-,42+,44+,45+,52-,53-,61-,66-,75-/m0/s1. The molecule has 9 rings (SSSR count). The largest absolute Gasteiger partial charge is 0.505 e. The predicted octanol–water partition coefficient (Wildman–Crippen LogP) is 8.83. The number of piperazine rings is 1. The van der Waals surface area contributed by atoms with Crippen LogP contribution in [0.5, 0.6) is 11.5 Å². The van der Waals surface area contributed by atoms with Crippen molar-refractivity contribution in [2.75, 3.05) is 54.8 Å². The van der Waals surface area contributed by atoms with Crippen LogP contribution in [0, 0.1) is 36.5 Å². The Kier molecular flexibility index (Phi) is 25.2. The molecular formula is C75H92N10O17S. The molecular weight excluding hydrogens is 1340 g/mol. The quantitative estimate of drug-likeness (QED) is 0.00900. The van der Waals surface area contributed by atoms with Crippen LogP contribution in [-0.2, 0) is 54.4 Å². The van der Waals surface area contributed by atoms with Gasteiger partial charge in [0.2, 0.25) is 17.7 Å². The van der Waals surface area contributed by atoms with Crippen LogP contribution in [0.15, 0.2) is 95.6 Å². The van der Waals surface area contributed by atoms with Crippen molar-refractivity contribution in [1.82, 2.24) is 30.7 Å². The highest BCUT2D eigenvalue weighted by atomic mass is 32.1. The Bertz CT molecular complexity index is 4290. The number of unbranched alkanes of at least 4 members (excludes halogenated alkanes) is 2. The first-order valence-corrected chi connectivity index (χ1v) is 35.7. The highest BCUT2D eigenvalue weighted by Crippen LogP contribution is 2.50. The first-order valence-electron chi connectivity index (χ1n) is 34.9. The van der Waals surface area contributed by atoms with Crippen LogP contribution in [0.2, 0.25) is 0 Å². The van der Waals surface area contributed by atoms with Crippen LogP contribution < -0.4 is 47.4 Å². The van der Waals surface area contributed by atoms with Crippen molar-refractivity contribution < 1.29 is 77.1 Å². The van der Waals surface area contributed by atoms with Gasteiger partial charge in [-0.15, -0.1) is 11.3 Å². The first kappa shape index (κ1) is 76.9. The van der Waals surface area contributed by atoms with Gasteiger partial charge in [-0.05, 0) is 118 Å². The topological polar surface area (TPSA) is 374 Å². The fourth-order valence-electron chi connectivity index (χ4n) is 13.4. The number of anilines is 3. The van der Waals surface area contributed by atoms with Gasteiger partial charge < -0.3 is 71.3 Å². The number of benzene rings is 4. The van der Waals surface area contributed by atoms with E-state index in [0.717, 1.165) is 23.3 Å². The number of imide groups is 1. The van der Waals surface area contributed by atoms with Crippen molar-refractivity contribution in [1.29, 1.82) is 0 Å². The normalized spacial score (nSPS) is 22.8. The molecule has 0 radical (unpaired) electrons. The van der Waals surface area contributed by atoms with Gasteiger partial charge in [-0.1, -0.05) is 78.3 Å². The van der Waals surface area contributed by atoms with E-state index in [1.54, 1.807) is 75.1 Å². The number of hydrogen-bond acceptors (Lipinski definition) is 20. The highest BCUT2D eigenvalue weighted by molar-refractivity contribution is 7.25. The summed E-state index contributed by atoms with van der Waals surface area (Å²) in [5.74, 6) is -7.73. The van der Waals surface area contributed by atoms with Crippen LogP contribution in [-0.4, -0.2) is 154 Å². The van der Waals surface area contributed by atoms with E-state index in [0.29, 0.717) is 60.2 Å². The number of phenols is 1. The van der Waals surface area contributed by atoms with Crippen LogP contribution in [0.1, 0.15) is 135 Å². The summed E-state index contributed by atoms with van der Waals surface area (Å²) in [6.45, 7) is 18.8. The number of carbonyl (C=O) groups excluding carboxylic acids is 10. The van der Waals surface area contributed by atoms with E-state index >= 15 is 0 Å². The number of nitrogens with two attached hydrogens (primary N) is 1. The molecule has 9 N–H and O–H groups in total. The van der Waals surface area contributed by atoms with Gasteiger partial charge in [0.25, 0.3) is 23.5 Å². The van der Waals surface area contributed by atoms with Gasteiger partial charge in [0.05, 0.1) is 43.7 Å². The summed E-state index contributed by atoms with van der Waals surface area (Å²) in [6.07, 6.45) is 11.3. The number of hydrogen-bond donors (Lipinski definition) is 8. The number of urea groups is 1. The molecule has 5 aromatic rings. The minimum absolute atomic E-state index is 0.0143. The molecule has 1 saturated heterocycles. The third-order valence-corrected chi connectivity index (χ3v) is 20.2. The fraction of sp³-hybridized carbons (Fsp3) is 0.467. The summed E-state index contributed by atoms with van der Waals surface area (Å²) >= 11 is 1.17. The predicted molar refractivity (Wildman–Crippen MR) is 389 cm³/mol. The lowest BCUT2D eigenvalue weighted by molar-refractivity contribution is -0.154. The van der Waals surface area contributed by atoms with E-state index in [2.05, 4.69) is 45.3 Å². The third-order valence-electron chi connectivity index (χ3n) is 19.1. The van der Waals surface area contributed by atoms with E-state index in [9.17, 15) is 63.0 Å². The number of Topliss-reactive ketones (excluding diaryl/α,β-unsaturated/α-hetero) is 1. The molecule has 103 heavy (non-hydrogen) atoms. The van der Waals surface area contributed by atoms with E-state index < -0.39 is 88.8 Å². The van der Waals surface area contributed by atoms with Crippen molar-refractivity contribution in [2.24, 2.45) is 35.3 Å². The van der Waals surface area contributed by atoms with E-state index in [1.807, 2.05) is 25.1 Å². The number of amides is 9. The van der Waals surface area contributed by atoms with E-state index in [4.69, 9.17) is 29.7 Å². The lowest BCUT2D eigenvalue weighted by Gasteiger charge is -2.35. The van der Waals surface area contributed by atoms with Crippen molar-refractivity contribution in [2.45, 2.75) is 157 Å². The number of aliphatic hydroxyl groups excluding tert-OH is 1. The zero-order chi connectivity index (χ0) is 74.7. The number of fused-ring (bicyclic) bond motifs is 2. The fourth-order valence-corrected chi connectivity index (χ4v) is 14.5. The molecule has 0 aliphatic carbocycles. The van der Waals surface area contributed by atoms with Gasteiger partial charge in [0, 0.05) is 106 Å². The Labute approximate surface area is 600 Å². The number of allylic oxidation sites excluding steroid dienone is 3. The summed E-state index contributed by atoms with van der Waals surface area (Å²) in [5.41, 5.74) is 6.98. The van der Waals surface area contributed by atoms with Crippen LogP contribution >= 0.6 is 11.3 Å². The van der Waals surface area contributed by atoms with Crippen molar-refractivity contribution in [3.05, 3.63) is 118 Å². The van der Waals surface area contributed by atoms with Gasteiger partial charge in [-0.3, -0.25) is 48.1 Å². The molecule has 28 heteroatoms. The maximum absolute atomic E-state index is 15.0. The maximum Gasteiger partial charge on any atom is 0.410 e. The average Bonchev–Trinajstić information content (AvgIpc) is 1.65. The lowest BCUT2D eigenvalue weighted by Crippen LogP contribution is -2.54. The number of ketones is 1. The third kappa shape index (κ3) is 18.5. The molecule has 4 aliphatic rings. The van der Waals surface area contributed by atoms with Crippen LogP contribution in [0.4, 0.5) is 26.7 Å². The zero-order valence-corrected chi connectivity index (χ0v) is 60.5. The number of phenolic OH excluding ortho intramolecular Hbond substituents is 1.